The smallest absolute Gasteiger partial charge is 0.393 e. The number of nitrogens with zero attached hydrogens (tertiary/aromatic N) is 4. The van der Waals surface area contributed by atoms with Crippen molar-refractivity contribution in [2.24, 2.45) is 57.7 Å². The number of nitrogens with two attached hydrogens (primary N) is 1. The van der Waals surface area contributed by atoms with E-state index in [1.165, 1.54) is 13.8 Å². The Kier molecular flexibility index (Phi) is 20.5. The van der Waals surface area contributed by atoms with Gasteiger partial charge in [-0.15, -0.1) is 0 Å². The van der Waals surface area contributed by atoms with Gasteiger partial charge in [-0.1, -0.05) is 53.3 Å². The number of aliphatic hydroxyl groups is 5. The number of aromatic nitrogens is 4. The van der Waals surface area contributed by atoms with Crippen LogP contribution in [0.3, 0.4) is 0 Å². The van der Waals surface area contributed by atoms with Gasteiger partial charge in [0, 0.05) is 30.7 Å². The fraction of sp³-hybridized carbons (Fsp3) is 0.833. The maximum Gasteiger partial charge on any atom is 0.481 e. The fourth-order valence-corrected chi connectivity index (χ4v) is 17.3. The molecule has 2 amide bonds. The second kappa shape index (κ2) is 25.3. The summed E-state index contributed by atoms with van der Waals surface area (Å²) in [4.78, 5) is 89.9. The van der Waals surface area contributed by atoms with Gasteiger partial charge in [0.1, 0.15) is 36.3 Å². The minimum absolute atomic E-state index is 0.0236. The maximum atomic E-state index is 13.1. The summed E-state index contributed by atoms with van der Waals surface area (Å²) in [6.07, 6.45) is 0.531. The van der Waals surface area contributed by atoms with Crippen LogP contribution in [-0.4, -0.2) is 156 Å². The van der Waals surface area contributed by atoms with Gasteiger partial charge in [-0.2, -0.15) is 4.31 Å². The molecule has 27 nitrogen and oxygen atoms in total. The van der Waals surface area contributed by atoms with Crippen molar-refractivity contribution in [2.45, 2.75) is 161 Å². The first-order valence-corrected chi connectivity index (χ1v) is 32.4. The van der Waals surface area contributed by atoms with E-state index in [-0.39, 0.29) is 76.3 Å². The molecule has 2 aromatic rings. The quantitative estimate of drug-likeness (QED) is 0.0502. The number of carbonyl (C=O) groups excluding carboxylic acids is 3. The van der Waals surface area contributed by atoms with Crippen LogP contribution < -0.4 is 16.4 Å². The minimum atomic E-state index is -5.61. The molecular weight excluding hydrogens is 1120 g/mol. The standard InChI is InChI=1S/C48H80N7O20P3S/c1-25(29-8-9-30-36-31(12-15-48(29,30)6)47(5)14-11-28(56)19-27(47)20-33(36)58)7-10-32(57)26(2)45(63)79-18-17-50-35(59)13-16-51-43(62)40(61)46(3,4)22-72-78(69,70)75-77(67,68)71-21-34-39(74-76(64,65)66)38(60)44(73-34)55-24-54-37-41(49)52-23-53-42(37)55/h23-34,36,38-40,44,56-58,60-61H,7-22H2,1-6H3,(H,50,59)(H,51,62)(H,67,68)(H,69,70)(H2,49,52,53)(H2,64,65,66)/t25-,26+,27+,28-,29-,30+,31+,32+,33-,34-,36+,38-,39-,40+,44-,47+,48-/m1/s1. The highest BCUT2D eigenvalue weighted by atomic mass is 32.2. The molecule has 0 aromatic carbocycles. The molecule has 3 heterocycles. The molecule has 0 radical (unpaired) electrons. The Morgan fingerprint density at radius 1 is 0.911 bits per heavy atom. The van der Waals surface area contributed by atoms with E-state index in [9.17, 15) is 73.2 Å². The zero-order valence-electron chi connectivity index (χ0n) is 45.3. The molecule has 19 atom stereocenters. The summed E-state index contributed by atoms with van der Waals surface area (Å²) in [7, 11) is -16.5. The average Bonchev–Trinajstić information content (AvgIpc) is 4.08. The predicted octanol–water partition coefficient (Wildman–Crippen LogP) is 3.07. The van der Waals surface area contributed by atoms with Gasteiger partial charge >= 0.3 is 23.5 Å². The Hall–Kier alpha value is -2.56. The van der Waals surface area contributed by atoms with Crippen LogP contribution in [0.2, 0.25) is 0 Å². The summed E-state index contributed by atoms with van der Waals surface area (Å²) in [6, 6.07) is 0. The van der Waals surface area contributed by atoms with Gasteiger partial charge < -0.3 is 66.2 Å². The Labute approximate surface area is 462 Å². The van der Waals surface area contributed by atoms with E-state index in [4.69, 9.17) is 19.5 Å². The van der Waals surface area contributed by atoms with Crippen molar-refractivity contribution in [3.63, 3.8) is 0 Å². The lowest BCUT2D eigenvalue weighted by molar-refractivity contribution is -0.174. The molecule has 1 saturated heterocycles. The molecule has 448 valence electrons. The first-order valence-electron chi connectivity index (χ1n) is 26.9. The number of phosphoric ester groups is 3. The topological polar surface area (TPSA) is 424 Å². The summed E-state index contributed by atoms with van der Waals surface area (Å²) in [5, 5.41) is 59.7. The van der Waals surface area contributed by atoms with Gasteiger partial charge in [0.15, 0.2) is 22.8 Å². The van der Waals surface area contributed by atoms with Gasteiger partial charge in [-0.25, -0.2) is 28.6 Å². The molecular formula is C48H80N7O20P3S. The lowest BCUT2D eigenvalue weighted by Crippen LogP contribution is -2.58. The van der Waals surface area contributed by atoms with Crippen molar-refractivity contribution in [1.82, 2.24) is 30.2 Å². The van der Waals surface area contributed by atoms with E-state index in [2.05, 4.69) is 55.2 Å². The third kappa shape index (κ3) is 14.9. The molecule has 5 fully saturated rings. The number of hydrogen-bond acceptors (Lipinski definition) is 21. The predicted molar refractivity (Wildman–Crippen MR) is 283 cm³/mol. The number of fused-ring (bicyclic) bond motifs is 6. The van der Waals surface area contributed by atoms with Crippen LogP contribution in [0.5, 0.6) is 0 Å². The molecule has 13 N–H and O–H groups in total. The van der Waals surface area contributed by atoms with Crippen molar-refractivity contribution in [3.05, 3.63) is 12.7 Å². The van der Waals surface area contributed by atoms with Crippen LogP contribution in [0.1, 0.15) is 118 Å². The van der Waals surface area contributed by atoms with Crippen molar-refractivity contribution in [1.29, 1.82) is 0 Å². The second-order valence-corrected chi connectivity index (χ2v) is 28.9. The highest BCUT2D eigenvalue weighted by Crippen LogP contribution is 2.69. The highest BCUT2D eigenvalue weighted by molar-refractivity contribution is 8.13. The van der Waals surface area contributed by atoms with Crippen LogP contribution in [-0.2, 0) is 50.7 Å². The number of phosphoric acid groups is 3. The van der Waals surface area contributed by atoms with Crippen molar-refractivity contribution in [2.75, 3.05) is 37.8 Å². The number of carbonyl (C=O) groups is 3. The van der Waals surface area contributed by atoms with Crippen molar-refractivity contribution in [3.8, 4) is 0 Å². The van der Waals surface area contributed by atoms with Crippen molar-refractivity contribution >= 4 is 69.1 Å². The van der Waals surface area contributed by atoms with E-state index in [1.54, 1.807) is 6.92 Å². The van der Waals surface area contributed by atoms with Crippen LogP contribution in [0.4, 0.5) is 5.82 Å². The molecule has 4 saturated carbocycles. The Morgan fingerprint density at radius 2 is 1.59 bits per heavy atom. The van der Waals surface area contributed by atoms with E-state index in [1.807, 2.05) is 0 Å². The van der Waals surface area contributed by atoms with E-state index >= 15 is 0 Å². The average molecular weight is 1200 g/mol. The third-order valence-electron chi connectivity index (χ3n) is 18.0. The molecule has 79 heavy (non-hydrogen) atoms. The lowest BCUT2D eigenvalue weighted by Gasteiger charge is -2.62. The van der Waals surface area contributed by atoms with Gasteiger partial charge in [-0.3, -0.25) is 32.5 Å². The van der Waals surface area contributed by atoms with E-state index < -0.39 is 96.6 Å². The molecule has 2 aromatic heterocycles. The molecule has 7 rings (SSSR count). The van der Waals surface area contributed by atoms with Gasteiger partial charge in [0.2, 0.25) is 11.8 Å². The van der Waals surface area contributed by atoms with E-state index in [0.717, 1.165) is 86.8 Å². The summed E-state index contributed by atoms with van der Waals surface area (Å²) < 4.78 is 62.8. The lowest BCUT2D eigenvalue weighted by atomic mass is 9.43. The van der Waals surface area contributed by atoms with Crippen LogP contribution in [0.25, 0.3) is 11.2 Å². The summed E-state index contributed by atoms with van der Waals surface area (Å²) in [5.41, 5.74) is 4.50. The molecule has 5 aliphatic rings. The zero-order chi connectivity index (χ0) is 58.2. The van der Waals surface area contributed by atoms with Crippen LogP contribution in [0, 0.1) is 57.7 Å². The number of amides is 2. The first-order chi connectivity index (χ1) is 36.8. The fourth-order valence-electron chi connectivity index (χ4n) is 13.6. The number of thioether (sulfide) groups is 1. The summed E-state index contributed by atoms with van der Waals surface area (Å²) >= 11 is 1.00. The van der Waals surface area contributed by atoms with E-state index in [0.29, 0.717) is 36.0 Å². The Morgan fingerprint density at radius 3 is 2.30 bits per heavy atom. The summed E-state index contributed by atoms with van der Waals surface area (Å²) in [6.45, 7) is 9.12. The maximum absolute atomic E-state index is 13.1. The number of nitrogen functional groups attached to an aromatic ring is 1. The number of ether oxygens (including phenoxy) is 1. The first kappa shape index (κ1) is 64.0. The number of rotatable bonds is 25. The largest absolute Gasteiger partial charge is 0.481 e. The normalized spacial score (nSPS) is 34.0. The van der Waals surface area contributed by atoms with Gasteiger partial charge in [0.05, 0.1) is 43.8 Å². The number of aliphatic hydroxyl groups excluding tert-OH is 5. The van der Waals surface area contributed by atoms with Crippen molar-refractivity contribution < 1.29 is 95.8 Å². The minimum Gasteiger partial charge on any atom is -0.393 e. The Balaban J connectivity index is 0.774. The number of imidazole rings is 1. The zero-order valence-corrected chi connectivity index (χ0v) is 48.8. The molecule has 31 heteroatoms. The van der Waals surface area contributed by atoms with Gasteiger partial charge in [-0.05, 0) is 111 Å². The monoisotopic (exact) mass is 1200 g/mol. The SMILES string of the molecule is C[C@H](CC[C@H](O)[C@H](C)C(=O)SCCNC(=O)CCNC(=O)[C@H](O)C(C)(C)COP(=O)(O)OP(=O)(O)OC[C@H]1O[C@@H](n2cnc3c(N)ncnc32)[C@H](O)[C@@H]1OP(=O)(O)O)[C@H]1CC[C@H]2[C@@H]3[C@H](O)C[C@@H]4C[C@H](O)CC[C@]4(C)[C@H]3CC[C@]12C. The second-order valence-electron chi connectivity index (χ2n) is 23.6. The third-order valence-corrected chi connectivity index (χ3v) is 22.2. The number of anilines is 1. The number of hydrogen-bond donors (Lipinski definition) is 12. The number of nitrogens with one attached hydrogen (secondary N) is 2. The molecule has 4 aliphatic carbocycles. The summed E-state index contributed by atoms with van der Waals surface area (Å²) in [5.74, 6) is 0.407. The molecule has 2 unspecified atom stereocenters. The highest BCUT2D eigenvalue weighted by Gasteiger charge is 2.63. The van der Waals surface area contributed by atoms with Crippen LogP contribution in [0.15, 0.2) is 12.7 Å². The van der Waals surface area contributed by atoms with Crippen LogP contribution >= 0.6 is 35.2 Å². The molecule has 0 spiro atoms. The Bertz CT molecular complexity index is 2640. The molecule has 0 bridgehead atoms. The van der Waals surface area contributed by atoms with Gasteiger partial charge in [0.25, 0.3) is 0 Å². The molecule has 1 aliphatic heterocycles.